The molecular weight excluding hydrogens is 208 g/mol. The fourth-order valence-electron chi connectivity index (χ4n) is 1.77. The molecule has 0 fully saturated rings. The van der Waals surface area contributed by atoms with Crippen molar-refractivity contribution in [3.63, 3.8) is 0 Å². The van der Waals surface area contributed by atoms with E-state index in [4.69, 9.17) is 0 Å². The first-order valence-electron chi connectivity index (χ1n) is 6.21. The molecule has 0 saturated carbocycles. The quantitative estimate of drug-likeness (QED) is 0.759. The van der Waals surface area contributed by atoms with E-state index in [1.54, 1.807) is 0 Å². The lowest BCUT2D eigenvalue weighted by molar-refractivity contribution is 0.596. The Morgan fingerprint density at radius 2 is 2.06 bits per heavy atom. The van der Waals surface area contributed by atoms with Crippen LogP contribution >= 0.6 is 0 Å². The van der Waals surface area contributed by atoms with Crippen LogP contribution in [0.15, 0.2) is 48.0 Å². The zero-order valence-electron chi connectivity index (χ0n) is 11.4. The number of rotatable bonds is 5. The molecule has 1 aliphatic rings. The molecule has 0 radical (unpaired) electrons. The summed E-state index contributed by atoms with van der Waals surface area (Å²) in [5.74, 6) is 0.917. The summed E-state index contributed by atoms with van der Waals surface area (Å²) >= 11 is 0. The van der Waals surface area contributed by atoms with Crippen LogP contribution in [0.25, 0.3) is 0 Å². The monoisotopic (exact) mass is 232 g/mol. The van der Waals surface area contributed by atoms with Crippen LogP contribution in [-0.4, -0.2) is 7.05 Å². The molecule has 1 unspecified atom stereocenters. The van der Waals surface area contributed by atoms with Gasteiger partial charge in [0.05, 0.1) is 0 Å². The van der Waals surface area contributed by atoms with Crippen LogP contribution in [0.2, 0.25) is 0 Å². The Morgan fingerprint density at radius 3 is 2.59 bits per heavy atom. The molecule has 0 bridgehead atoms. The van der Waals surface area contributed by atoms with Crippen molar-refractivity contribution in [3.05, 3.63) is 48.0 Å². The Bertz CT molecular complexity index is 372. The Hall–Kier alpha value is -1.44. The van der Waals surface area contributed by atoms with E-state index >= 15 is 0 Å². The predicted octanol–water partition coefficient (Wildman–Crippen LogP) is 3.33. The largest absolute Gasteiger partial charge is 0.388 e. The Labute approximate surface area is 105 Å². The second-order valence-electron chi connectivity index (χ2n) is 4.90. The highest BCUT2D eigenvalue weighted by Crippen LogP contribution is 2.27. The van der Waals surface area contributed by atoms with Gasteiger partial charge in [-0.25, -0.2) is 0 Å². The standard InChI is InChI=1S/C15H24N2/c1-10(2)12(4)17-15-11(3)8-7-9-14(15)13(5)16-6/h7,9-11,16-17H,4-5,8H2,1-3,6H3. The Balaban J connectivity index is 3.01. The van der Waals surface area contributed by atoms with Crippen molar-refractivity contribution in [2.24, 2.45) is 11.8 Å². The molecule has 0 heterocycles. The van der Waals surface area contributed by atoms with Gasteiger partial charge in [0.25, 0.3) is 0 Å². The Kier molecular flexibility index (Phi) is 4.62. The average molecular weight is 232 g/mol. The van der Waals surface area contributed by atoms with Gasteiger partial charge in [-0.1, -0.05) is 46.1 Å². The van der Waals surface area contributed by atoms with Gasteiger partial charge in [-0.15, -0.1) is 0 Å². The molecule has 1 rings (SSSR count). The number of hydrogen-bond acceptors (Lipinski definition) is 2. The van der Waals surface area contributed by atoms with Gasteiger partial charge in [0.15, 0.2) is 0 Å². The van der Waals surface area contributed by atoms with Gasteiger partial charge >= 0.3 is 0 Å². The molecule has 1 atom stereocenters. The topological polar surface area (TPSA) is 24.1 Å². The van der Waals surface area contributed by atoms with Gasteiger partial charge < -0.3 is 10.6 Å². The maximum Gasteiger partial charge on any atom is 0.0355 e. The third-order valence-electron chi connectivity index (χ3n) is 3.18. The highest BCUT2D eigenvalue weighted by Gasteiger charge is 2.18. The second-order valence-corrected chi connectivity index (χ2v) is 4.90. The van der Waals surface area contributed by atoms with E-state index in [0.717, 1.165) is 23.4 Å². The minimum Gasteiger partial charge on any atom is -0.388 e. The number of likely N-dealkylation sites (N-methyl/N-ethyl adjacent to an activating group) is 1. The fourth-order valence-corrected chi connectivity index (χ4v) is 1.77. The SMILES string of the molecule is C=C(NC)C1=C(NC(=C)C(C)C)C(C)CC=C1. The molecule has 2 heteroatoms. The van der Waals surface area contributed by atoms with Crippen molar-refractivity contribution >= 4 is 0 Å². The summed E-state index contributed by atoms with van der Waals surface area (Å²) in [6, 6.07) is 0. The molecule has 0 spiro atoms. The minimum atomic E-state index is 0.435. The predicted molar refractivity (Wildman–Crippen MR) is 75.3 cm³/mol. The van der Waals surface area contributed by atoms with Crippen LogP contribution in [0.5, 0.6) is 0 Å². The molecule has 0 saturated heterocycles. The minimum absolute atomic E-state index is 0.435. The van der Waals surface area contributed by atoms with Crippen LogP contribution in [0.3, 0.4) is 0 Å². The van der Waals surface area contributed by atoms with Crippen molar-refractivity contribution in [2.75, 3.05) is 7.05 Å². The lowest BCUT2D eigenvalue weighted by Crippen LogP contribution is -2.25. The van der Waals surface area contributed by atoms with E-state index < -0.39 is 0 Å². The molecule has 0 aliphatic heterocycles. The average Bonchev–Trinajstić information content (AvgIpc) is 2.30. The maximum absolute atomic E-state index is 4.08. The molecule has 17 heavy (non-hydrogen) atoms. The lowest BCUT2D eigenvalue weighted by atomic mass is 9.91. The van der Waals surface area contributed by atoms with E-state index in [9.17, 15) is 0 Å². The van der Waals surface area contributed by atoms with Crippen LogP contribution in [-0.2, 0) is 0 Å². The van der Waals surface area contributed by atoms with Crippen molar-refractivity contribution in [3.8, 4) is 0 Å². The zero-order chi connectivity index (χ0) is 13.0. The third kappa shape index (κ3) is 3.26. The van der Waals surface area contributed by atoms with Crippen molar-refractivity contribution in [1.82, 2.24) is 10.6 Å². The summed E-state index contributed by atoms with van der Waals surface area (Å²) in [4.78, 5) is 0. The normalized spacial score (nSPS) is 19.5. The van der Waals surface area contributed by atoms with Crippen LogP contribution < -0.4 is 10.6 Å². The Morgan fingerprint density at radius 1 is 1.41 bits per heavy atom. The molecular formula is C15H24N2. The third-order valence-corrected chi connectivity index (χ3v) is 3.18. The summed E-state index contributed by atoms with van der Waals surface area (Å²) in [6.45, 7) is 14.6. The van der Waals surface area contributed by atoms with Gasteiger partial charge in [0.2, 0.25) is 0 Å². The van der Waals surface area contributed by atoms with E-state index in [2.05, 4.69) is 56.7 Å². The van der Waals surface area contributed by atoms with Gasteiger partial charge in [0, 0.05) is 35.6 Å². The second kappa shape index (κ2) is 5.76. The summed E-state index contributed by atoms with van der Waals surface area (Å²) < 4.78 is 0. The van der Waals surface area contributed by atoms with Crippen molar-refractivity contribution < 1.29 is 0 Å². The van der Waals surface area contributed by atoms with Gasteiger partial charge in [0.1, 0.15) is 0 Å². The van der Waals surface area contributed by atoms with Gasteiger partial charge in [-0.3, -0.25) is 0 Å². The molecule has 2 N–H and O–H groups in total. The van der Waals surface area contributed by atoms with Crippen LogP contribution in [0.4, 0.5) is 0 Å². The zero-order valence-corrected chi connectivity index (χ0v) is 11.4. The molecule has 1 aliphatic carbocycles. The first-order chi connectivity index (χ1) is 7.97. The highest BCUT2D eigenvalue weighted by atomic mass is 14.9. The highest BCUT2D eigenvalue weighted by molar-refractivity contribution is 5.44. The van der Waals surface area contributed by atoms with Gasteiger partial charge in [-0.2, -0.15) is 0 Å². The molecule has 0 amide bonds. The molecule has 0 aromatic heterocycles. The molecule has 0 aromatic carbocycles. The maximum atomic E-state index is 4.08. The summed E-state index contributed by atoms with van der Waals surface area (Å²) in [5.41, 5.74) is 4.40. The van der Waals surface area contributed by atoms with Gasteiger partial charge in [-0.05, 0) is 12.3 Å². The van der Waals surface area contributed by atoms with E-state index in [1.807, 2.05) is 7.05 Å². The number of hydrogen-bond donors (Lipinski definition) is 2. The smallest absolute Gasteiger partial charge is 0.0355 e. The lowest BCUT2D eigenvalue weighted by Gasteiger charge is -2.26. The van der Waals surface area contributed by atoms with E-state index in [0.29, 0.717) is 11.8 Å². The number of nitrogens with one attached hydrogen (secondary N) is 2. The molecule has 94 valence electrons. The van der Waals surface area contributed by atoms with Crippen LogP contribution in [0, 0.1) is 11.8 Å². The first-order valence-corrected chi connectivity index (χ1v) is 6.21. The fraction of sp³-hybridized carbons (Fsp3) is 0.467. The molecule has 2 nitrogen and oxygen atoms in total. The first kappa shape index (κ1) is 13.6. The van der Waals surface area contributed by atoms with Crippen molar-refractivity contribution in [2.45, 2.75) is 27.2 Å². The van der Waals surface area contributed by atoms with E-state index in [1.165, 1.54) is 5.70 Å². The summed E-state index contributed by atoms with van der Waals surface area (Å²) in [5, 5.41) is 6.58. The summed E-state index contributed by atoms with van der Waals surface area (Å²) in [7, 11) is 1.90. The number of allylic oxidation sites excluding steroid dienone is 4. The van der Waals surface area contributed by atoms with Crippen molar-refractivity contribution in [1.29, 1.82) is 0 Å². The van der Waals surface area contributed by atoms with Crippen LogP contribution in [0.1, 0.15) is 27.2 Å². The molecule has 0 aromatic rings. The summed E-state index contributed by atoms with van der Waals surface area (Å²) in [6.07, 6.45) is 5.40. The van der Waals surface area contributed by atoms with E-state index in [-0.39, 0.29) is 0 Å².